The predicted molar refractivity (Wildman–Crippen MR) is 202 cm³/mol. The zero-order chi connectivity index (χ0) is 38.2. The van der Waals surface area contributed by atoms with Gasteiger partial charge in [-0.3, -0.25) is 0 Å². The van der Waals surface area contributed by atoms with E-state index in [0.29, 0.717) is 0 Å². The summed E-state index contributed by atoms with van der Waals surface area (Å²) in [6.45, 7) is 37.0. The normalized spacial score (nSPS) is 12.6. The van der Waals surface area contributed by atoms with Crippen molar-refractivity contribution in [2.24, 2.45) is 0 Å². The molecule has 0 spiro atoms. The Bertz CT molecular complexity index is 1370. The Morgan fingerprint density at radius 2 is 0.449 bits per heavy atom. The van der Waals surface area contributed by atoms with E-state index in [-0.39, 0.29) is 84.1 Å². The van der Waals surface area contributed by atoms with Gasteiger partial charge in [-0.2, -0.15) is 0 Å². The molecule has 0 atom stereocenters. The van der Waals surface area contributed by atoms with E-state index in [0.717, 1.165) is 33.4 Å². The molecule has 6 N–H and O–H groups in total. The Labute approximate surface area is 308 Å². The molecule has 3 aromatic carbocycles. The van der Waals surface area contributed by atoms with Crippen LogP contribution in [0, 0.1) is 0 Å². The van der Waals surface area contributed by atoms with Crippen LogP contribution in [0.3, 0.4) is 0 Å². The molecule has 0 aliphatic heterocycles. The van der Waals surface area contributed by atoms with Crippen LogP contribution in [-0.2, 0) is 49.6 Å². The second-order valence-electron chi connectivity index (χ2n) is 19.2. The largest absolute Gasteiger partial charge is 0.504 e. The van der Waals surface area contributed by atoms with Gasteiger partial charge in [0, 0.05) is 33.8 Å². The van der Waals surface area contributed by atoms with E-state index in [1.165, 1.54) is 0 Å². The van der Waals surface area contributed by atoms with Crippen molar-refractivity contribution in [3.63, 3.8) is 0 Å². The van der Waals surface area contributed by atoms with Gasteiger partial charge >= 0.3 is 0 Å². The van der Waals surface area contributed by atoms with Gasteiger partial charge < -0.3 is 30.6 Å². The van der Waals surface area contributed by atoms with Gasteiger partial charge in [-0.05, 0) is 67.4 Å². The number of aromatic hydroxyl groups is 6. The van der Waals surface area contributed by atoms with E-state index in [1.54, 1.807) is 18.2 Å². The van der Waals surface area contributed by atoms with Crippen molar-refractivity contribution in [1.29, 1.82) is 0 Å². The van der Waals surface area contributed by atoms with E-state index < -0.39 is 0 Å². The second kappa shape index (κ2) is 15.5. The van der Waals surface area contributed by atoms with Crippen LogP contribution in [0.15, 0.2) is 36.4 Å². The van der Waals surface area contributed by atoms with Crippen LogP contribution >= 0.6 is 0 Å². The van der Waals surface area contributed by atoms with Crippen molar-refractivity contribution in [1.82, 2.24) is 0 Å². The van der Waals surface area contributed by atoms with E-state index in [4.69, 9.17) is 0 Å². The molecule has 7 heteroatoms. The average Bonchev–Trinajstić information content (AvgIpc) is 2.85. The summed E-state index contributed by atoms with van der Waals surface area (Å²) in [6, 6.07) is 10.9. The molecule has 1 radical (unpaired) electrons. The number of benzene rings is 3. The Balaban J connectivity index is 0.000000698. The maximum absolute atomic E-state index is 9.87. The molecular weight excluding hydrogens is 655 g/mol. The van der Waals surface area contributed by atoms with Gasteiger partial charge in [0.2, 0.25) is 0 Å². The van der Waals surface area contributed by atoms with Crippen LogP contribution in [0.25, 0.3) is 0 Å². The molecule has 0 aliphatic carbocycles. The maximum atomic E-state index is 9.87. The summed E-state index contributed by atoms with van der Waals surface area (Å²) in [4.78, 5) is 0. The summed E-state index contributed by atoms with van der Waals surface area (Å²) in [5.41, 5.74) is 4.83. The van der Waals surface area contributed by atoms with Gasteiger partial charge in [-0.15, -0.1) is 0 Å². The van der Waals surface area contributed by atoms with Crippen molar-refractivity contribution in [2.75, 3.05) is 0 Å². The molecule has 0 fully saturated rings. The Hall–Kier alpha value is -3.02. The van der Waals surface area contributed by atoms with Crippen molar-refractivity contribution < 1.29 is 47.7 Å². The van der Waals surface area contributed by atoms with Crippen molar-refractivity contribution in [3.05, 3.63) is 69.8 Å². The molecule has 3 aromatic rings. The van der Waals surface area contributed by atoms with Gasteiger partial charge in [0.15, 0.2) is 34.5 Å². The van der Waals surface area contributed by atoms with Crippen LogP contribution in [0.5, 0.6) is 34.5 Å². The minimum atomic E-state index is -0.178. The Kier molecular flexibility index (Phi) is 14.5. The van der Waals surface area contributed by atoms with Crippen LogP contribution in [0.4, 0.5) is 0 Å². The quantitative estimate of drug-likeness (QED) is 0.102. The third-order valence-corrected chi connectivity index (χ3v) is 8.29. The first-order chi connectivity index (χ1) is 21.1. The van der Waals surface area contributed by atoms with E-state index in [9.17, 15) is 30.6 Å². The minimum absolute atomic E-state index is 0. The van der Waals surface area contributed by atoms with E-state index in [2.05, 4.69) is 62.3 Å². The summed E-state index contributed by atoms with van der Waals surface area (Å²) in [5.74, 6) is -0.0893. The van der Waals surface area contributed by atoms with E-state index in [1.807, 2.05) is 80.5 Å². The zero-order valence-corrected chi connectivity index (χ0v) is 34.7. The Morgan fingerprint density at radius 3 is 0.571 bits per heavy atom. The first-order valence-corrected chi connectivity index (χ1v) is 16.8. The summed E-state index contributed by atoms with van der Waals surface area (Å²) in [5, 5.41) is 58.9. The summed E-state index contributed by atoms with van der Waals surface area (Å²) >= 11 is 0. The smallest absolute Gasteiger partial charge is 0.161 e. The van der Waals surface area contributed by atoms with Crippen molar-refractivity contribution in [3.8, 4) is 34.5 Å². The van der Waals surface area contributed by atoms with Crippen LogP contribution in [0.2, 0.25) is 0 Å². The van der Waals surface area contributed by atoms with Gasteiger partial charge in [-0.1, -0.05) is 143 Å². The predicted octanol–water partition coefficient (Wildman–Crippen LogP) is 11.1. The number of phenolic OH excluding ortho intramolecular Hbond substituents is 6. The maximum Gasteiger partial charge on any atom is 0.161 e. The fourth-order valence-corrected chi connectivity index (χ4v) is 4.87. The standard InChI is InChI=1S/3C14H22O2.Mn/c3*1-13(2,3)9-7-10(14(4,5)6)12(16)11(15)8-9;/h3*7-8,15-16H,1-6H3;. The summed E-state index contributed by atoms with van der Waals surface area (Å²) in [6.07, 6.45) is 0. The average molecular weight is 722 g/mol. The van der Waals surface area contributed by atoms with Crippen LogP contribution in [-0.4, -0.2) is 30.6 Å². The molecule has 0 heterocycles. The van der Waals surface area contributed by atoms with Crippen molar-refractivity contribution in [2.45, 2.75) is 157 Å². The molecule has 0 saturated carbocycles. The molecule has 277 valence electrons. The molecule has 49 heavy (non-hydrogen) atoms. The van der Waals surface area contributed by atoms with Gasteiger partial charge in [-0.25, -0.2) is 0 Å². The molecular formula is C42H66MnO6. The molecule has 0 unspecified atom stereocenters. The van der Waals surface area contributed by atoms with Gasteiger partial charge in [0.05, 0.1) is 0 Å². The third kappa shape index (κ3) is 12.7. The monoisotopic (exact) mass is 721 g/mol. The summed E-state index contributed by atoms with van der Waals surface area (Å²) in [7, 11) is 0. The van der Waals surface area contributed by atoms with Crippen LogP contribution in [0.1, 0.15) is 158 Å². The second-order valence-corrected chi connectivity index (χ2v) is 19.2. The minimum Gasteiger partial charge on any atom is -0.504 e. The number of hydrogen-bond donors (Lipinski definition) is 6. The molecule has 0 aromatic heterocycles. The first kappa shape index (κ1) is 46.0. The van der Waals surface area contributed by atoms with Gasteiger partial charge in [0.1, 0.15) is 0 Å². The first-order valence-electron chi connectivity index (χ1n) is 16.8. The van der Waals surface area contributed by atoms with Crippen molar-refractivity contribution >= 4 is 0 Å². The number of hydrogen-bond acceptors (Lipinski definition) is 6. The summed E-state index contributed by atoms with van der Waals surface area (Å²) < 4.78 is 0. The zero-order valence-electron chi connectivity index (χ0n) is 33.5. The molecule has 0 aliphatic rings. The number of rotatable bonds is 0. The fourth-order valence-electron chi connectivity index (χ4n) is 4.87. The number of phenols is 6. The molecule has 6 nitrogen and oxygen atoms in total. The van der Waals surface area contributed by atoms with Gasteiger partial charge in [0.25, 0.3) is 0 Å². The SMILES string of the molecule is CC(C)(C)c1cc(O)c(O)c(C(C)(C)C)c1.CC(C)(C)c1cc(O)c(O)c(C(C)(C)C)c1.CC(C)(C)c1cc(O)c(O)c(C(C)(C)C)c1.[Mn]. The van der Waals surface area contributed by atoms with Crippen LogP contribution < -0.4 is 0 Å². The molecule has 0 bridgehead atoms. The topological polar surface area (TPSA) is 121 Å². The molecule has 0 saturated heterocycles. The Morgan fingerprint density at radius 1 is 0.286 bits per heavy atom. The third-order valence-electron chi connectivity index (χ3n) is 8.29. The van der Waals surface area contributed by atoms with E-state index >= 15 is 0 Å². The molecule has 0 amide bonds. The molecule has 3 rings (SSSR count). The fraction of sp³-hybridized carbons (Fsp3) is 0.571.